The van der Waals surface area contributed by atoms with Gasteiger partial charge in [0.25, 0.3) is 0 Å². The maximum Gasteiger partial charge on any atom is 0.245 e. The van der Waals surface area contributed by atoms with Gasteiger partial charge in [0.15, 0.2) is 0 Å². The Morgan fingerprint density at radius 1 is 1.21 bits per heavy atom. The van der Waals surface area contributed by atoms with E-state index in [0.29, 0.717) is 32.6 Å². The van der Waals surface area contributed by atoms with Crippen molar-refractivity contribution in [3.8, 4) is 0 Å². The quantitative estimate of drug-likeness (QED) is 0.838. The first kappa shape index (κ1) is 16.9. The minimum atomic E-state index is -0.366. The zero-order valence-corrected chi connectivity index (χ0v) is 14.1. The number of nitrogens with zero attached hydrogens (tertiary/aromatic N) is 3. The van der Waals surface area contributed by atoms with E-state index in [-0.39, 0.29) is 23.7 Å². The molecule has 0 saturated carbocycles. The third-order valence-electron chi connectivity index (χ3n) is 4.91. The van der Waals surface area contributed by atoms with Gasteiger partial charge in [-0.25, -0.2) is 4.39 Å². The number of likely N-dealkylation sites (tertiary alicyclic amines) is 1. The Balaban J connectivity index is 1.51. The van der Waals surface area contributed by atoms with Gasteiger partial charge in [-0.05, 0) is 31.0 Å². The van der Waals surface area contributed by atoms with Gasteiger partial charge in [0, 0.05) is 45.7 Å². The summed E-state index contributed by atoms with van der Waals surface area (Å²) in [5.74, 6) is -0.0957. The number of benzene rings is 1. The van der Waals surface area contributed by atoms with Crippen molar-refractivity contribution in [3.63, 3.8) is 0 Å². The van der Waals surface area contributed by atoms with E-state index in [1.165, 1.54) is 6.07 Å². The van der Waals surface area contributed by atoms with Crippen molar-refractivity contribution in [2.24, 2.45) is 0 Å². The highest BCUT2D eigenvalue weighted by atomic mass is 19.1. The van der Waals surface area contributed by atoms with Crippen LogP contribution in [0.1, 0.15) is 25.3 Å². The van der Waals surface area contributed by atoms with E-state index in [1.54, 1.807) is 17.0 Å². The van der Waals surface area contributed by atoms with E-state index in [0.717, 1.165) is 25.1 Å². The first-order valence-electron chi connectivity index (χ1n) is 8.59. The lowest BCUT2D eigenvalue weighted by molar-refractivity contribution is -0.144. The molecule has 0 radical (unpaired) electrons. The molecule has 0 unspecified atom stereocenters. The highest BCUT2D eigenvalue weighted by molar-refractivity contribution is 5.88. The average Bonchev–Trinajstić information content (AvgIpc) is 3.00. The molecule has 1 atom stereocenters. The summed E-state index contributed by atoms with van der Waals surface area (Å²) in [6.45, 7) is 6.04. The molecule has 1 aromatic carbocycles. The minimum Gasteiger partial charge on any atom is -0.338 e. The summed E-state index contributed by atoms with van der Waals surface area (Å²) in [5.41, 5.74) is 0.950. The van der Waals surface area contributed by atoms with Gasteiger partial charge in [0.1, 0.15) is 11.9 Å². The van der Waals surface area contributed by atoms with Gasteiger partial charge in [0.2, 0.25) is 11.8 Å². The Morgan fingerprint density at radius 2 is 1.96 bits per heavy atom. The SMILES string of the molecule is C[C@@H](C(=O)N1CCN(Cc2cccc(F)c2)CC1)N1CCCC1=O. The van der Waals surface area contributed by atoms with Gasteiger partial charge in [0.05, 0.1) is 0 Å². The van der Waals surface area contributed by atoms with Gasteiger partial charge in [-0.3, -0.25) is 14.5 Å². The molecular formula is C18H24FN3O2. The number of carbonyl (C=O) groups excluding carboxylic acids is 2. The van der Waals surface area contributed by atoms with Gasteiger partial charge in [-0.1, -0.05) is 12.1 Å². The summed E-state index contributed by atoms with van der Waals surface area (Å²) in [7, 11) is 0. The lowest BCUT2D eigenvalue weighted by atomic mass is 10.1. The molecular weight excluding hydrogens is 309 g/mol. The molecule has 0 bridgehead atoms. The van der Waals surface area contributed by atoms with E-state index in [9.17, 15) is 14.0 Å². The van der Waals surface area contributed by atoms with Gasteiger partial charge in [-0.2, -0.15) is 0 Å². The third-order valence-corrected chi connectivity index (χ3v) is 4.91. The molecule has 0 N–H and O–H groups in total. The topological polar surface area (TPSA) is 43.9 Å². The second-order valence-corrected chi connectivity index (χ2v) is 6.60. The summed E-state index contributed by atoms with van der Waals surface area (Å²) >= 11 is 0. The first-order valence-corrected chi connectivity index (χ1v) is 8.59. The maximum atomic E-state index is 13.3. The molecule has 0 aromatic heterocycles. The van der Waals surface area contributed by atoms with Crippen LogP contribution in [0.25, 0.3) is 0 Å². The largest absolute Gasteiger partial charge is 0.338 e. The van der Waals surface area contributed by atoms with Crippen LogP contribution in [0.3, 0.4) is 0 Å². The molecule has 24 heavy (non-hydrogen) atoms. The number of hydrogen-bond acceptors (Lipinski definition) is 3. The van der Waals surface area contributed by atoms with Crippen LogP contribution in [0.5, 0.6) is 0 Å². The molecule has 2 aliphatic rings. The van der Waals surface area contributed by atoms with Crippen molar-refractivity contribution in [1.29, 1.82) is 0 Å². The molecule has 5 nitrogen and oxygen atoms in total. The molecule has 1 aromatic rings. The van der Waals surface area contributed by atoms with Crippen LogP contribution in [0.2, 0.25) is 0 Å². The Kier molecular flexibility index (Phi) is 5.14. The van der Waals surface area contributed by atoms with E-state index in [1.807, 2.05) is 17.9 Å². The lowest BCUT2D eigenvalue weighted by Crippen LogP contribution is -2.54. The zero-order chi connectivity index (χ0) is 17.1. The summed E-state index contributed by atoms with van der Waals surface area (Å²) < 4.78 is 13.3. The number of hydrogen-bond donors (Lipinski definition) is 0. The van der Waals surface area contributed by atoms with Crippen LogP contribution in [0, 0.1) is 5.82 Å². The fourth-order valence-corrected chi connectivity index (χ4v) is 3.50. The van der Waals surface area contributed by atoms with Crippen molar-refractivity contribution in [3.05, 3.63) is 35.6 Å². The fraction of sp³-hybridized carbons (Fsp3) is 0.556. The first-order chi connectivity index (χ1) is 11.5. The molecule has 2 fully saturated rings. The predicted octanol–water partition coefficient (Wildman–Crippen LogP) is 1.48. The van der Waals surface area contributed by atoms with Crippen LogP contribution in [-0.4, -0.2) is 65.3 Å². The second-order valence-electron chi connectivity index (χ2n) is 6.60. The minimum absolute atomic E-state index is 0.0376. The van der Waals surface area contributed by atoms with Crippen LogP contribution in [0.15, 0.2) is 24.3 Å². The summed E-state index contributed by atoms with van der Waals surface area (Å²) in [4.78, 5) is 30.2. The molecule has 0 spiro atoms. The maximum absolute atomic E-state index is 13.3. The van der Waals surface area contributed by atoms with E-state index < -0.39 is 0 Å². The van der Waals surface area contributed by atoms with Gasteiger partial charge >= 0.3 is 0 Å². The second kappa shape index (κ2) is 7.30. The van der Waals surface area contributed by atoms with Crippen molar-refractivity contribution < 1.29 is 14.0 Å². The van der Waals surface area contributed by atoms with Gasteiger partial charge < -0.3 is 9.80 Å². The normalized spacial score (nSPS) is 20.5. The highest BCUT2D eigenvalue weighted by Crippen LogP contribution is 2.16. The molecule has 2 saturated heterocycles. The van der Waals surface area contributed by atoms with Crippen LogP contribution >= 0.6 is 0 Å². The van der Waals surface area contributed by atoms with E-state index in [4.69, 9.17) is 0 Å². The van der Waals surface area contributed by atoms with E-state index in [2.05, 4.69) is 4.90 Å². The Hall–Kier alpha value is -1.95. The number of piperazine rings is 1. The molecule has 2 heterocycles. The van der Waals surface area contributed by atoms with Crippen molar-refractivity contribution in [2.75, 3.05) is 32.7 Å². The number of rotatable bonds is 4. The lowest BCUT2D eigenvalue weighted by Gasteiger charge is -2.37. The Bertz CT molecular complexity index is 614. The van der Waals surface area contributed by atoms with Gasteiger partial charge in [-0.15, -0.1) is 0 Å². The third kappa shape index (κ3) is 3.75. The zero-order valence-electron chi connectivity index (χ0n) is 14.1. The molecule has 6 heteroatoms. The van der Waals surface area contributed by atoms with Crippen molar-refractivity contribution in [1.82, 2.24) is 14.7 Å². The van der Waals surface area contributed by atoms with Crippen molar-refractivity contribution in [2.45, 2.75) is 32.4 Å². The number of amides is 2. The molecule has 0 aliphatic carbocycles. The van der Waals surface area contributed by atoms with Crippen LogP contribution in [-0.2, 0) is 16.1 Å². The molecule has 130 valence electrons. The number of halogens is 1. The molecule has 2 amide bonds. The van der Waals surface area contributed by atoms with E-state index >= 15 is 0 Å². The molecule has 3 rings (SSSR count). The van der Waals surface area contributed by atoms with Crippen LogP contribution in [0.4, 0.5) is 4.39 Å². The predicted molar refractivity (Wildman–Crippen MR) is 88.7 cm³/mol. The van der Waals surface area contributed by atoms with Crippen LogP contribution < -0.4 is 0 Å². The van der Waals surface area contributed by atoms with Crippen molar-refractivity contribution >= 4 is 11.8 Å². The summed E-state index contributed by atoms with van der Waals surface area (Å²) in [6, 6.07) is 6.27. The average molecular weight is 333 g/mol. The fourth-order valence-electron chi connectivity index (χ4n) is 3.50. The Labute approximate surface area is 142 Å². The highest BCUT2D eigenvalue weighted by Gasteiger charge is 2.33. The summed E-state index contributed by atoms with van der Waals surface area (Å²) in [6.07, 6.45) is 1.40. The summed E-state index contributed by atoms with van der Waals surface area (Å²) in [5, 5.41) is 0. The smallest absolute Gasteiger partial charge is 0.245 e. The molecule has 2 aliphatic heterocycles. The monoisotopic (exact) mass is 333 g/mol. The standard InChI is InChI=1S/C18H24FN3O2/c1-14(22-7-3-6-17(22)23)18(24)21-10-8-20(9-11-21)13-15-4-2-5-16(19)12-15/h2,4-5,12,14H,3,6-11,13H2,1H3/t14-/m0/s1. The number of carbonyl (C=O) groups is 2. The Morgan fingerprint density at radius 3 is 2.58 bits per heavy atom.